The number of sulfonamides is 1. The molecule has 1 aromatic heterocycles. The van der Waals surface area contributed by atoms with Crippen LogP contribution >= 0.6 is 19.9 Å². The lowest BCUT2D eigenvalue weighted by molar-refractivity contribution is 0.204. The third kappa shape index (κ3) is 6.38. The van der Waals surface area contributed by atoms with Crippen LogP contribution in [0.5, 0.6) is 0 Å². The zero-order valence-corrected chi connectivity index (χ0v) is 25.4. The molecule has 0 saturated carbocycles. The molecule has 1 aliphatic rings. The Balaban J connectivity index is 1.59. The van der Waals surface area contributed by atoms with Gasteiger partial charge in [-0.25, -0.2) is 21.2 Å². The summed E-state index contributed by atoms with van der Waals surface area (Å²) in [6.45, 7) is 8.93. The predicted octanol–water partition coefficient (Wildman–Crippen LogP) is 6.33. The summed E-state index contributed by atoms with van der Waals surface area (Å²) < 4.78 is 68.9. The van der Waals surface area contributed by atoms with Crippen LogP contribution in [0.4, 0.5) is 14.9 Å². The number of hydrogen-bond donors (Lipinski definition) is 1. The number of anilines is 1. The molecular formula is C26H32FN2O5PS3. The largest absolute Gasteiger partial charge is 0.339 e. The van der Waals surface area contributed by atoms with E-state index in [4.69, 9.17) is 0 Å². The molecule has 0 bridgehead atoms. The summed E-state index contributed by atoms with van der Waals surface area (Å²) in [5.74, 6) is -0.405. The Morgan fingerprint density at radius 2 is 1.74 bits per heavy atom. The minimum absolute atomic E-state index is 0.00892. The van der Waals surface area contributed by atoms with Crippen LogP contribution in [0.3, 0.4) is 0 Å². The average molecular weight is 599 g/mol. The minimum Gasteiger partial charge on any atom is -0.339 e. The van der Waals surface area contributed by atoms with Gasteiger partial charge in [-0.2, -0.15) is 0 Å². The summed E-state index contributed by atoms with van der Waals surface area (Å²) in [6, 6.07) is 8.87. The van der Waals surface area contributed by atoms with Gasteiger partial charge in [0.1, 0.15) is 10.0 Å². The zero-order valence-electron chi connectivity index (χ0n) is 22.0. The number of fused-ring (bicyclic) bond motifs is 1. The lowest BCUT2D eigenvalue weighted by Crippen LogP contribution is -2.36. The van der Waals surface area contributed by atoms with Gasteiger partial charge in [-0.05, 0) is 86.3 Å². The number of amides is 1. The Kier molecular flexibility index (Phi) is 7.98. The summed E-state index contributed by atoms with van der Waals surface area (Å²) in [4.78, 5) is 14.4. The third-order valence-electron chi connectivity index (χ3n) is 6.48. The van der Waals surface area contributed by atoms with Crippen LogP contribution < -0.4 is 4.72 Å². The Labute approximate surface area is 229 Å². The summed E-state index contributed by atoms with van der Waals surface area (Å²) in [5.41, 5.74) is 1.32. The average Bonchev–Trinajstić information content (AvgIpc) is 3.14. The van der Waals surface area contributed by atoms with Crippen LogP contribution in [0.15, 0.2) is 45.5 Å². The van der Waals surface area contributed by atoms with Gasteiger partial charge < -0.3 is 4.90 Å². The molecule has 1 fully saturated rings. The topological polar surface area (TPSA) is 101 Å². The number of likely N-dealkylation sites (tertiary alicyclic amines) is 1. The minimum atomic E-state index is -4.13. The summed E-state index contributed by atoms with van der Waals surface area (Å²) in [7, 11) is -7.71. The fourth-order valence-electron chi connectivity index (χ4n) is 4.62. The monoisotopic (exact) mass is 598 g/mol. The number of sulfone groups is 1. The first kappa shape index (κ1) is 28.9. The number of hydrogen-bond acceptors (Lipinski definition) is 6. The molecule has 38 heavy (non-hydrogen) atoms. The Morgan fingerprint density at radius 3 is 2.34 bits per heavy atom. The predicted molar refractivity (Wildman–Crippen MR) is 154 cm³/mol. The van der Waals surface area contributed by atoms with Crippen molar-refractivity contribution in [2.45, 2.75) is 60.7 Å². The van der Waals surface area contributed by atoms with Gasteiger partial charge in [0.15, 0.2) is 9.84 Å². The number of rotatable bonds is 6. The lowest BCUT2D eigenvalue weighted by Gasteiger charge is -2.34. The molecule has 7 nitrogen and oxygen atoms in total. The van der Waals surface area contributed by atoms with E-state index in [1.807, 2.05) is 25.7 Å². The SMILES string of the molecule is Cc1c(S(=O)(=O)Nc2ccc(C3CCN(C(=O)PC(C)(C)C)CC3)cc2S(C)(=O)=O)sc2ccc(F)cc12. The highest BCUT2D eigenvalue weighted by atomic mass is 32.2. The summed E-state index contributed by atoms with van der Waals surface area (Å²) >= 11 is 1.01. The van der Waals surface area contributed by atoms with Crippen LogP contribution in [0.2, 0.25) is 0 Å². The van der Waals surface area contributed by atoms with E-state index in [1.54, 1.807) is 19.1 Å². The number of carbonyl (C=O) groups is 1. The van der Waals surface area contributed by atoms with Gasteiger partial charge in [0.25, 0.3) is 10.0 Å². The molecule has 1 amide bonds. The van der Waals surface area contributed by atoms with Gasteiger partial charge in [0.05, 0.1) is 10.6 Å². The van der Waals surface area contributed by atoms with Gasteiger partial charge in [-0.1, -0.05) is 26.8 Å². The van der Waals surface area contributed by atoms with Crippen molar-refractivity contribution in [1.29, 1.82) is 0 Å². The van der Waals surface area contributed by atoms with Gasteiger partial charge >= 0.3 is 0 Å². The van der Waals surface area contributed by atoms with Crippen LogP contribution in [-0.4, -0.2) is 51.9 Å². The van der Waals surface area contributed by atoms with Crippen molar-refractivity contribution in [2.24, 2.45) is 0 Å². The van der Waals surface area contributed by atoms with Gasteiger partial charge in [0, 0.05) is 24.0 Å². The van der Waals surface area contributed by atoms with Crippen molar-refractivity contribution in [1.82, 2.24) is 4.90 Å². The van der Waals surface area contributed by atoms with E-state index in [1.165, 1.54) is 24.3 Å². The maximum Gasteiger partial charge on any atom is 0.271 e. The van der Waals surface area contributed by atoms with E-state index < -0.39 is 25.7 Å². The van der Waals surface area contributed by atoms with E-state index in [9.17, 15) is 26.0 Å². The maximum absolute atomic E-state index is 13.7. The van der Waals surface area contributed by atoms with Gasteiger partial charge in [0.2, 0.25) is 5.65 Å². The highest BCUT2D eigenvalue weighted by Gasteiger charge is 2.29. The fraction of sp³-hybridized carbons (Fsp3) is 0.423. The number of aryl methyl sites for hydroxylation is 1. The molecule has 2 heterocycles. The van der Waals surface area contributed by atoms with E-state index in [-0.39, 0.29) is 40.1 Å². The van der Waals surface area contributed by atoms with Crippen molar-refractivity contribution in [3.8, 4) is 0 Å². The first-order valence-electron chi connectivity index (χ1n) is 12.2. The molecule has 1 saturated heterocycles. The van der Waals surface area contributed by atoms with Gasteiger partial charge in [-0.3, -0.25) is 9.52 Å². The van der Waals surface area contributed by atoms with E-state index in [2.05, 4.69) is 4.72 Å². The molecule has 4 rings (SSSR count). The Bertz CT molecular complexity index is 1600. The number of halogens is 1. The third-order valence-corrected chi connectivity index (χ3v) is 12.2. The number of thiophene rings is 1. The van der Waals surface area contributed by atoms with Crippen molar-refractivity contribution in [3.05, 3.63) is 53.3 Å². The summed E-state index contributed by atoms with van der Waals surface area (Å²) in [6.07, 6.45) is 2.45. The number of carbonyl (C=O) groups excluding carboxylic acids is 1. The standard InChI is InChI=1S/C26H32FN2O5PS3/c1-16-20-15-19(27)7-9-22(20)36-24(16)38(33,34)28-21-8-6-18(14-23(21)37(5,31)32)17-10-12-29(13-11-17)25(30)35-26(2,3)4/h6-9,14-15,17,28,35H,10-13H2,1-5H3. The second kappa shape index (κ2) is 10.5. The number of nitrogens with zero attached hydrogens (tertiary/aromatic N) is 1. The Morgan fingerprint density at radius 1 is 1.08 bits per heavy atom. The molecule has 1 unspecified atom stereocenters. The van der Waals surface area contributed by atoms with E-state index >= 15 is 0 Å². The zero-order chi connectivity index (χ0) is 28.0. The Hall–Kier alpha value is -2.07. The molecule has 3 aromatic rings. The number of nitrogens with one attached hydrogen (secondary N) is 1. The molecule has 1 aliphatic heterocycles. The quantitative estimate of drug-likeness (QED) is 0.334. The van der Waals surface area contributed by atoms with Crippen LogP contribution in [-0.2, 0) is 19.9 Å². The molecule has 1 atom stereocenters. The fourth-order valence-corrected chi connectivity index (χ4v) is 9.40. The highest BCUT2D eigenvalue weighted by Crippen LogP contribution is 2.39. The first-order valence-corrected chi connectivity index (χ1v) is 17.4. The highest BCUT2D eigenvalue weighted by molar-refractivity contribution is 7.95. The lowest BCUT2D eigenvalue weighted by atomic mass is 9.89. The van der Waals surface area contributed by atoms with Crippen LogP contribution in [0.1, 0.15) is 50.7 Å². The molecular weight excluding hydrogens is 566 g/mol. The molecule has 1 N–H and O–H groups in total. The van der Waals surface area contributed by atoms with Crippen molar-refractivity contribution in [2.75, 3.05) is 24.1 Å². The van der Waals surface area contributed by atoms with E-state index in [0.29, 0.717) is 41.6 Å². The second-order valence-corrected chi connectivity index (χ2v) is 17.8. The molecule has 0 radical (unpaired) electrons. The van der Waals surface area contributed by atoms with Crippen molar-refractivity contribution >= 4 is 61.2 Å². The van der Waals surface area contributed by atoms with Crippen molar-refractivity contribution < 1.29 is 26.0 Å². The molecule has 12 heteroatoms. The molecule has 206 valence electrons. The number of piperidine rings is 1. The first-order chi connectivity index (χ1) is 17.5. The van der Waals surface area contributed by atoms with Gasteiger partial charge in [-0.15, -0.1) is 11.3 Å². The smallest absolute Gasteiger partial charge is 0.271 e. The summed E-state index contributed by atoms with van der Waals surface area (Å²) in [5, 5.41) is 0.438. The van der Waals surface area contributed by atoms with E-state index in [0.717, 1.165) is 23.2 Å². The number of benzene rings is 2. The van der Waals surface area contributed by atoms with Crippen LogP contribution in [0.25, 0.3) is 10.1 Å². The molecule has 0 spiro atoms. The maximum atomic E-state index is 13.7. The molecule has 0 aliphatic carbocycles. The second-order valence-electron chi connectivity index (χ2n) is 10.7. The van der Waals surface area contributed by atoms with Crippen molar-refractivity contribution in [3.63, 3.8) is 0 Å². The normalized spacial score (nSPS) is 16.0. The molecule has 2 aromatic carbocycles. The van der Waals surface area contributed by atoms with Crippen LogP contribution in [0, 0.1) is 12.7 Å².